The van der Waals surface area contributed by atoms with Crippen molar-refractivity contribution in [2.75, 3.05) is 6.54 Å². The van der Waals surface area contributed by atoms with Crippen LogP contribution in [0.3, 0.4) is 0 Å². The molecule has 2 bridgehead atoms. The molecule has 3 nitrogen and oxygen atoms in total. The molecule has 0 aromatic carbocycles. The van der Waals surface area contributed by atoms with E-state index >= 15 is 0 Å². The normalized spacial score (nSPS) is 44.3. The Labute approximate surface area is 116 Å². The molecule has 1 aliphatic heterocycles. The molecule has 4 atom stereocenters. The number of fused-ring (bicyclic) bond motifs is 2. The zero-order chi connectivity index (χ0) is 13.7. The van der Waals surface area contributed by atoms with Gasteiger partial charge in [0.05, 0.1) is 6.04 Å². The minimum atomic E-state index is 0.0552. The lowest BCUT2D eigenvalue weighted by atomic mass is 9.69. The van der Waals surface area contributed by atoms with E-state index in [1.807, 2.05) is 0 Å². The zero-order valence-electron chi connectivity index (χ0n) is 12.6. The molecule has 3 fully saturated rings. The predicted molar refractivity (Wildman–Crippen MR) is 76.8 cm³/mol. The van der Waals surface area contributed by atoms with Gasteiger partial charge in [-0.2, -0.15) is 0 Å². The molecule has 0 radical (unpaired) electrons. The lowest BCUT2D eigenvalue weighted by molar-refractivity contribution is -0.125. The molecule has 3 heteroatoms. The predicted octanol–water partition coefficient (Wildman–Crippen LogP) is 2.46. The first-order chi connectivity index (χ1) is 8.95. The van der Waals surface area contributed by atoms with E-state index in [1.165, 1.54) is 32.1 Å². The standard InChI is InChI=1S/C16H28N2O/c1-15(2)11-7-8-16(15,3)13(10-11)18-14(19)12-6-4-5-9-17-12/h11-13,17H,4-10H2,1-3H3,(H,18,19)/t11?,12-,13?,16?/m0/s1. The average Bonchev–Trinajstić information content (AvgIpc) is 2.73. The summed E-state index contributed by atoms with van der Waals surface area (Å²) in [5, 5.41) is 6.73. The van der Waals surface area contributed by atoms with Gasteiger partial charge in [0.2, 0.25) is 5.91 Å². The second-order valence-electron chi connectivity index (χ2n) is 7.67. The van der Waals surface area contributed by atoms with Gasteiger partial charge in [-0.05, 0) is 55.4 Å². The third kappa shape index (κ3) is 1.93. The second-order valence-corrected chi connectivity index (χ2v) is 7.67. The Bertz CT molecular complexity index is 373. The van der Waals surface area contributed by atoms with Crippen LogP contribution in [0.2, 0.25) is 0 Å². The topological polar surface area (TPSA) is 41.1 Å². The molecule has 108 valence electrons. The molecular formula is C16H28N2O. The van der Waals surface area contributed by atoms with Crippen LogP contribution >= 0.6 is 0 Å². The Kier molecular flexibility index (Phi) is 3.16. The van der Waals surface area contributed by atoms with Crippen LogP contribution < -0.4 is 10.6 Å². The molecule has 3 rings (SSSR count). The number of piperidine rings is 1. The largest absolute Gasteiger partial charge is 0.351 e. The number of rotatable bonds is 2. The van der Waals surface area contributed by atoms with E-state index in [0.29, 0.717) is 16.9 Å². The Morgan fingerprint density at radius 1 is 1.21 bits per heavy atom. The van der Waals surface area contributed by atoms with Crippen molar-refractivity contribution in [1.29, 1.82) is 0 Å². The SMILES string of the molecule is CC1(C)C2CCC1(C)C(NC(=O)[C@@H]1CCCCN1)C2. The van der Waals surface area contributed by atoms with Gasteiger partial charge in [-0.3, -0.25) is 4.79 Å². The Morgan fingerprint density at radius 2 is 2.00 bits per heavy atom. The molecule has 0 spiro atoms. The molecule has 1 heterocycles. The minimum absolute atomic E-state index is 0.0552. The van der Waals surface area contributed by atoms with Crippen LogP contribution in [0.1, 0.15) is 59.3 Å². The van der Waals surface area contributed by atoms with Crippen LogP contribution in [-0.4, -0.2) is 24.5 Å². The van der Waals surface area contributed by atoms with Crippen molar-refractivity contribution in [1.82, 2.24) is 10.6 Å². The van der Waals surface area contributed by atoms with Crippen molar-refractivity contribution in [2.24, 2.45) is 16.7 Å². The molecule has 2 N–H and O–H groups in total. The molecule has 1 amide bonds. The van der Waals surface area contributed by atoms with Crippen molar-refractivity contribution in [2.45, 2.75) is 71.4 Å². The molecule has 3 unspecified atom stereocenters. The smallest absolute Gasteiger partial charge is 0.237 e. The summed E-state index contributed by atoms with van der Waals surface area (Å²) in [6.45, 7) is 8.18. The molecule has 19 heavy (non-hydrogen) atoms. The van der Waals surface area contributed by atoms with Crippen LogP contribution in [0.25, 0.3) is 0 Å². The number of carbonyl (C=O) groups excluding carboxylic acids is 1. The van der Waals surface area contributed by atoms with Crippen molar-refractivity contribution < 1.29 is 4.79 Å². The van der Waals surface area contributed by atoms with Gasteiger partial charge in [0.1, 0.15) is 0 Å². The highest BCUT2D eigenvalue weighted by Gasteiger charge is 2.61. The summed E-state index contributed by atoms with van der Waals surface area (Å²) in [7, 11) is 0. The fourth-order valence-electron chi connectivity index (χ4n) is 4.77. The lowest BCUT2D eigenvalue weighted by Gasteiger charge is -2.40. The van der Waals surface area contributed by atoms with Gasteiger partial charge in [0.15, 0.2) is 0 Å². The van der Waals surface area contributed by atoms with Crippen molar-refractivity contribution in [3.63, 3.8) is 0 Å². The minimum Gasteiger partial charge on any atom is -0.351 e. The van der Waals surface area contributed by atoms with Crippen LogP contribution in [0.4, 0.5) is 0 Å². The average molecular weight is 264 g/mol. The van der Waals surface area contributed by atoms with E-state index in [1.54, 1.807) is 0 Å². The van der Waals surface area contributed by atoms with E-state index in [9.17, 15) is 4.79 Å². The fourth-order valence-corrected chi connectivity index (χ4v) is 4.77. The fraction of sp³-hybridized carbons (Fsp3) is 0.938. The third-order valence-electron chi connectivity index (χ3n) is 6.74. The highest BCUT2D eigenvalue weighted by Crippen LogP contribution is 2.65. The van der Waals surface area contributed by atoms with Gasteiger partial charge in [-0.1, -0.05) is 27.2 Å². The van der Waals surface area contributed by atoms with E-state index in [2.05, 4.69) is 31.4 Å². The van der Waals surface area contributed by atoms with E-state index in [4.69, 9.17) is 0 Å². The maximum atomic E-state index is 12.4. The second kappa shape index (κ2) is 4.47. The zero-order valence-corrected chi connectivity index (χ0v) is 12.6. The van der Waals surface area contributed by atoms with Crippen molar-refractivity contribution in [3.8, 4) is 0 Å². The molecule has 0 aromatic heterocycles. The highest BCUT2D eigenvalue weighted by molar-refractivity contribution is 5.82. The first-order valence-corrected chi connectivity index (χ1v) is 7.99. The molecule has 0 aromatic rings. The number of hydrogen-bond donors (Lipinski definition) is 2. The molecule has 2 saturated carbocycles. The molecule has 3 aliphatic rings. The summed E-state index contributed by atoms with van der Waals surface area (Å²) < 4.78 is 0. The summed E-state index contributed by atoms with van der Waals surface area (Å²) >= 11 is 0. The number of carbonyl (C=O) groups is 1. The number of amides is 1. The summed E-state index contributed by atoms with van der Waals surface area (Å²) in [4.78, 5) is 12.4. The quantitative estimate of drug-likeness (QED) is 0.804. The Morgan fingerprint density at radius 3 is 2.53 bits per heavy atom. The van der Waals surface area contributed by atoms with Crippen LogP contribution in [0.15, 0.2) is 0 Å². The first kappa shape index (κ1) is 13.4. The van der Waals surface area contributed by atoms with Gasteiger partial charge in [-0.25, -0.2) is 0 Å². The molecule has 2 aliphatic carbocycles. The van der Waals surface area contributed by atoms with Crippen molar-refractivity contribution in [3.05, 3.63) is 0 Å². The number of hydrogen-bond acceptors (Lipinski definition) is 2. The summed E-state index contributed by atoms with van der Waals surface area (Å²) in [6.07, 6.45) is 7.19. The molecule has 1 saturated heterocycles. The Hall–Kier alpha value is -0.570. The van der Waals surface area contributed by atoms with Gasteiger partial charge >= 0.3 is 0 Å². The monoisotopic (exact) mass is 264 g/mol. The van der Waals surface area contributed by atoms with Crippen LogP contribution in [0.5, 0.6) is 0 Å². The van der Waals surface area contributed by atoms with Gasteiger partial charge in [-0.15, -0.1) is 0 Å². The highest BCUT2D eigenvalue weighted by atomic mass is 16.2. The van der Waals surface area contributed by atoms with Crippen LogP contribution in [0, 0.1) is 16.7 Å². The third-order valence-corrected chi connectivity index (χ3v) is 6.74. The summed E-state index contributed by atoms with van der Waals surface area (Å²) in [5.74, 6) is 1.04. The van der Waals surface area contributed by atoms with E-state index in [0.717, 1.165) is 18.9 Å². The first-order valence-electron chi connectivity index (χ1n) is 7.99. The van der Waals surface area contributed by atoms with Gasteiger partial charge < -0.3 is 10.6 Å². The van der Waals surface area contributed by atoms with Gasteiger partial charge in [0.25, 0.3) is 0 Å². The van der Waals surface area contributed by atoms with Gasteiger partial charge in [0, 0.05) is 6.04 Å². The lowest BCUT2D eigenvalue weighted by Crippen LogP contribution is -2.53. The maximum Gasteiger partial charge on any atom is 0.237 e. The summed E-state index contributed by atoms with van der Waals surface area (Å²) in [6, 6.07) is 0.442. The van der Waals surface area contributed by atoms with Crippen molar-refractivity contribution >= 4 is 5.91 Å². The number of nitrogens with one attached hydrogen (secondary N) is 2. The Balaban J connectivity index is 1.66. The van der Waals surface area contributed by atoms with E-state index in [-0.39, 0.29) is 11.9 Å². The van der Waals surface area contributed by atoms with Crippen LogP contribution in [-0.2, 0) is 4.79 Å². The molecular weight excluding hydrogens is 236 g/mol. The van der Waals surface area contributed by atoms with E-state index < -0.39 is 0 Å². The maximum absolute atomic E-state index is 12.4. The summed E-state index contributed by atoms with van der Waals surface area (Å²) in [5.41, 5.74) is 0.674.